The molecule has 3 fully saturated rings. The Labute approximate surface area is 164 Å². The van der Waals surface area contributed by atoms with Gasteiger partial charge in [-0.1, -0.05) is 32.9 Å². The number of rotatable bonds is 4. The standard InChI is InChI=1S/C23H36N2O2/c1-15-5-8-19(13-16(15)2)25(18-9-11-23(3,4)12-10-18)22(26)20-14-21(27-24-20)17-6-7-17/h14-19H,5-13H2,1-4H3/t15-,16-,19?/m1/s1. The molecule has 4 heteroatoms. The lowest BCUT2D eigenvalue weighted by atomic mass is 9.73. The van der Waals surface area contributed by atoms with Crippen LogP contribution in [0.3, 0.4) is 0 Å². The number of nitrogens with zero attached hydrogens (tertiary/aromatic N) is 2. The van der Waals surface area contributed by atoms with Gasteiger partial charge in [0.2, 0.25) is 0 Å². The molecular formula is C23H36N2O2. The lowest BCUT2D eigenvalue weighted by Gasteiger charge is -2.46. The van der Waals surface area contributed by atoms with Gasteiger partial charge in [-0.3, -0.25) is 4.79 Å². The highest BCUT2D eigenvalue weighted by Gasteiger charge is 2.40. The molecule has 27 heavy (non-hydrogen) atoms. The number of amides is 1. The average Bonchev–Trinajstić information content (AvgIpc) is 3.36. The maximum atomic E-state index is 13.6. The molecule has 0 spiro atoms. The molecule has 1 aromatic heterocycles. The monoisotopic (exact) mass is 372 g/mol. The van der Waals surface area contributed by atoms with E-state index in [9.17, 15) is 4.79 Å². The molecule has 1 heterocycles. The molecule has 1 unspecified atom stereocenters. The minimum atomic E-state index is 0.113. The van der Waals surface area contributed by atoms with E-state index >= 15 is 0 Å². The van der Waals surface area contributed by atoms with E-state index < -0.39 is 0 Å². The van der Waals surface area contributed by atoms with Gasteiger partial charge in [-0.05, 0) is 75.0 Å². The Morgan fingerprint density at radius 3 is 2.37 bits per heavy atom. The molecule has 0 radical (unpaired) electrons. The molecule has 3 atom stereocenters. The minimum Gasteiger partial charge on any atom is -0.360 e. The van der Waals surface area contributed by atoms with Gasteiger partial charge in [-0.15, -0.1) is 0 Å². The molecule has 0 aliphatic heterocycles. The number of hydrogen-bond acceptors (Lipinski definition) is 3. The Morgan fingerprint density at radius 2 is 1.74 bits per heavy atom. The second-order valence-electron chi connectivity index (χ2n) is 10.4. The van der Waals surface area contributed by atoms with Crippen LogP contribution in [-0.4, -0.2) is 28.0 Å². The third-order valence-electron chi connectivity index (χ3n) is 7.63. The molecule has 1 amide bonds. The summed E-state index contributed by atoms with van der Waals surface area (Å²) in [6, 6.07) is 2.64. The molecule has 0 N–H and O–H groups in total. The van der Waals surface area contributed by atoms with Crippen molar-refractivity contribution in [2.45, 2.75) is 103 Å². The predicted octanol–water partition coefficient (Wildman–Crippen LogP) is 5.79. The van der Waals surface area contributed by atoms with Gasteiger partial charge in [-0.25, -0.2) is 0 Å². The maximum Gasteiger partial charge on any atom is 0.276 e. The fourth-order valence-electron chi connectivity index (χ4n) is 5.15. The lowest BCUT2D eigenvalue weighted by molar-refractivity contribution is 0.0262. The van der Waals surface area contributed by atoms with Crippen LogP contribution >= 0.6 is 0 Å². The van der Waals surface area contributed by atoms with Gasteiger partial charge in [0.15, 0.2) is 5.69 Å². The first kappa shape index (κ1) is 19.0. The molecule has 3 saturated carbocycles. The van der Waals surface area contributed by atoms with E-state index in [1.54, 1.807) is 0 Å². The van der Waals surface area contributed by atoms with Crippen molar-refractivity contribution in [1.29, 1.82) is 0 Å². The normalized spacial score (nSPS) is 31.6. The molecule has 4 rings (SSSR count). The molecule has 0 saturated heterocycles. The molecule has 0 aromatic carbocycles. The fraction of sp³-hybridized carbons (Fsp3) is 0.826. The summed E-state index contributed by atoms with van der Waals surface area (Å²) in [7, 11) is 0. The van der Waals surface area contributed by atoms with Crippen molar-refractivity contribution >= 4 is 5.91 Å². The van der Waals surface area contributed by atoms with Crippen LogP contribution in [0, 0.1) is 17.3 Å². The Morgan fingerprint density at radius 1 is 1.04 bits per heavy atom. The smallest absolute Gasteiger partial charge is 0.276 e. The third kappa shape index (κ3) is 4.09. The van der Waals surface area contributed by atoms with Gasteiger partial charge < -0.3 is 9.42 Å². The van der Waals surface area contributed by atoms with Crippen LogP contribution in [0.25, 0.3) is 0 Å². The van der Waals surface area contributed by atoms with E-state index in [1.807, 2.05) is 6.07 Å². The van der Waals surface area contributed by atoms with E-state index in [2.05, 4.69) is 37.8 Å². The number of carbonyl (C=O) groups excluding carboxylic acids is 1. The summed E-state index contributed by atoms with van der Waals surface area (Å²) in [5.41, 5.74) is 0.945. The van der Waals surface area contributed by atoms with Crippen LogP contribution in [0.4, 0.5) is 0 Å². The zero-order valence-electron chi connectivity index (χ0n) is 17.5. The first-order chi connectivity index (χ1) is 12.8. The Balaban J connectivity index is 1.55. The van der Waals surface area contributed by atoms with Gasteiger partial charge in [-0.2, -0.15) is 0 Å². The van der Waals surface area contributed by atoms with E-state index in [1.165, 1.54) is 32.1 Å². The molecule has 1 aromatic rings. The average molecular weight is 373 g/mol. The topological polar surface area (TPSA) is 46.3 Å². The SMILES string of the molecule is C[C@@H]1CCC(N(C(=O)c2cc(C3CC3)on2)C2CCC(C)(C)CC2)C[C@H]1C. The highest BCUT2D eigenvalue weighted by atomic mass is 16.5. The third-order valence-corrected chi connectivity index (χ3v) is 7.63. The van der Waals surface area contributed by atoms with Gasteiger partial charge in [0.05, 0.1) is 0 Å². The number of hydrogen-bond donors (Lipinski definition) is 0. The van der Waals surface area contributed by atoms with Crippen molar-refractivity contribution < 1.29 is 9.32 Å². The van der Waals surface area contributed by atoms with Crippen LogP contribution in [0.2, 0.25) is 0 Å². The van der Waals surface area contributed by atoms with Gasteiger partial charge in [0.1, 0.15) is 5.76 Å². The van der Waals surface area contributed by atoms with Gasteiger partial charge in [0.25, 0.3) is 5.91 Å². The Kier molecular flexibility index (Phi) is 5.11. The molecule has 3 aliphatic carbocycles. The van der Waals surface area contributed by atoms with E-state index in [0.717, 1.165) is 37.4 Å². The van der Waals surface area contributed by atoms with Crippen LogP contribution in [0.15, 0.2) is 10.6 Å². The van der Waals surface area contributed by atoms with E-state index in [0.29, 0.717) is 35.0 Å². The second-order valence-corrected chi connectivity index (χ2v) is 10.4. The van der Waals surface area contributed by atoms with Gasteiger partial charge in [0, 0.05) is 24.1 Å². The summed E-state index contributed by atoms with van der Waals surface area (Å²) in [6.07, 6.45) is 10.5. The van der Waals surface area contributed by atoms with Crippen molar-refractivity contribution in [3.63, 3.8) is 0 Å². The quantitative estimate of drug-likeness (QED) is 0.672. The first-order valence-electron chi connectivity index (χ1n) is 11.1. The number of carbonyl (C=O) groups is 1. The highest BCUT2D eigenvalue weighted by molar-refractivity contribution is 5.92. The summed E-state index contributed by atoms with van der Waals surface area (Å²) in [6.45, 7) is 9.43. The summed E-state index contributed by atoms with van der Waals surface area (Å²) < 4.78 is 5.51. The summed E-state index contributed by atoms with van der Waals surface area (Å²) >= 11 is 0. The summed E-state index contributed by atoms with van der Waals surface area (Å²) in [5.74, 6) is 2.96. The summed E-state index contributed by atoms with van der Waals surface area (Å²) in [4.78, 5) is 15.8. The molecule has 0 bridgehead atoms. The lowest BCUT2D eigenvalue weighted by Crippen LogP contribution is -2.51. The molecular weight excluding hydrogens is 336 g/mol. The largest absolute Gasteiger partial charge is 0.360 e. The van der Waals surface area contributed by atoms with Crippen molar-refractivity contribution in [3.8, 4) is 0 Å². The van der Waals surface area contributed by atoms with Crippen molar-refractivity contribution in [2.24, 2.45) is 17.3 Å². The zero-order chi connectivity index (χ0) is 19.2. The molecule has 150 valence electrons. The number of aromatic nitrogens is 1. The fourth-order valence-corrected chi connectivity index (χ4v) is 5.15. The van der Waals surface area contributed by atoms with Crippen molar-refractivity contribution in [1.82, 2.24) is 10.1 Å². The van der Waals surface area contributed by atoms with Gasteiger partial charge >= 0.3 is 0 Å². The first-order valence-corrected chi connectivity index (χ1v) is 11.1. The highest BCUT2D eigenvalue weighted by Crippen LogP contribution is 2.42. The molecule has 3 aliphatic rings. The predicted molar refractivity (Wildman–Crippen MR) is 107 cm³/mol. The van der Waals surface area contributed by atoms with Crippen LogP contribution in [-0.2, 0) is 0 Å². The van der Waals surface area contributed by atoms with Crippen LogP contribution in [0.5, 0.6) is 0 Å². The second kappa shape index (κ2) is 7.25. The maximum absolute atomic E-state index is 13.6. The van der Waals surface area contributed by atoms with E-state index in [-0.39, 0.29) is 5.91 Å². The van der Waals surface area contributed by atoms with Crippen LogP contribution < -0.4 is 0 Å². The molecule has 4 nitrogen and oxygen atoms in total. The zero-order valence-corrected chi connectivity index (χ0v) is 17.5. The van der Waals surface area contributed by atoms with Crippen molar-refractivity contribution in [2.75, 3.05) is 0 Å². The Hall–Kier alpha value is -1.32. The van der Waals surface area contributed by atoms with Crippen molar-refractivity contribution in [3.05, 3.63) is 17.5 Å². The Bertz CT molecular complexity index is 666. The van der Waals surface area contributed by atoms with E-state index in [4.69, 9.17) is 4.52 Å². The summed E-state index contributed by atoms with van der Waals surface area (Å²) in [5, 5.41) is 4.18. The minimum absolute atomic E-state index is 0.113. The van der Waals surface area contributed by atoms with Crippen LogP contribution in [0.1, 0.15) is 108 Å².